The fraction of sp³-hybridized carbons (Fsp3) is 0.378. The second-order valence-electron chi connectivity index (χ2n) is 16.4. The summed E-state index contributed by atoms with van der Waals surface area (Å²) in [6, 6.07) is 33.3. The Labute approximate surface area is 307 Å². The van der Waals surface area contributed by atoms with Crippen LogP contribution in [0.25, 0.3) is 34.4 Å². The van der Waals surface area contributed by atoms with Crippen molar-refractivity contribution in [2.24, 2.45) is 10.8 Å². The summed E-state index contributed by atoms with van der Waals surface area (Å²) in [5.74, 6) is 0. The van der Waals surface area contributed by atoms with E-state index >= 15 is 0 Å². The molecule has 3 heteroatoms. The Bertz CT molecular complexity index is 1710. The molecular weight excluding hydrogens is 790 g/mol. The van der Waals surface area contributed by atoms with Crippen LogP contribution in [0, 0.1) is 10.8 Å². The van der Waals surface area contributed by atoms with Gasteiger partial charge in [-0.05, 0) is 0 Å². The molecule has 1 heterocycles. The average Bonchev–Trinajstić information content (AvgIpc) is 3.62. The van der Waals surface area contributed by atoms with Crippen molar-refractivity contribution >= 4 is 37.0 Å². The summed E-state index contributed by atoms with van der Waals surface area (Å²) in [5.41, 5.74) is 18.4. The van der Waals surface area contributed by atoms with Crippen molar-refractivity contribution in [1.82, 2.24) is 0 Å². The number of hydrogen-bond donors (Lipinski definition) is 0. The molecule has 0 radical (unpaired) electrons. The molecule has 2 unspecified atom stereocenters. The zero-order chi connectivity index (χ0) is 32.4. The van der Waals surface area contributed by atoms with Crippen molar-refractivity contribution in [3.05, 3.63) is 129 Å². The fourth-order valence-electron chi connectivity index (χ4n) is 9.01. The quantitative estimate of drug-likeness (QED) is 0.170. The monoisotopic (exact) mass is 844 g/mol. The van der Waals surface area contributed by atoms with Crippen LogP contribution >= 0.6 is 24.8 Å². The van der Waals surface area contributed by atoms with Gasteiger partial charge in [0.25, 0.3) is 0 Å². The van der Waals surface area contributed by atoms with Gasteiger partial charge in [-0.25, -0.2) is 0 Å². The van der Waals surface area contributed by atoms with Crippen molar-refractivity contribution < 1.29 is 20.0 Å². The van der Waals surface area contributed by atoms with E-state index in [4.69, 9.17) is 0 Å². The first kappa shape index (κ1) is 37.1. The van der Waals surface area contributed by atoms with E-state index in [1.165, 1.54) is 59.3 Å². The first-order valence-electron chi connectivity index (χ1n) is 17.8. The molecule has 3 aliphatic rings. The van der Waals surface area contributed by atoms with Crippen LogP contribution in [0.15, 0.2) is 96.1 Å². The minimum absolute atomic E-state index is 0. The molecule has 252 valence electrons. The molecule has 0 spiro atoms. The molecule has 4 aromatic rings. The number of hydrogen-bond acceptors (Lipinski definition) is 0. The summed E-state index contributed by atoms with van der Waals surface area (Å²) in [7, 11) is 0. The minimum atomic E-state index is -3.20. The van der Waals surface area contributed by atoms with E-state index in [1.807, 2.05) is 0 Å². The summed E-state index contributed by atoms with van der Waals surface area (Å²) in [6.07, 6.45) is 8.92. The van der Waals surface area contributed by atoms with Gasteiger partial charge in [0.05, 0.1) is 0 Å². The Kier molecular flexibility index (Phi) is 10.7. The SMILES string of the molecule is CCc1ccc(-c2cccc3c2C=C(C(C)(C)C)[CH]3[Hf]2([CH]3C(C(C)(C)C)=Cc4c(-c5ccc(CC)cc5)cccc43)[CH2]C[CH2]2)cc1.Cl.Cl. The van der Waals surface area contributed by atoms with Crippen LogP contribution in [0.5, 0.6) is 0 Å². The predicted molar refractivity (Wildman–Crippen MR) is 212 cm³/mol. The van der Waals surface area contributed by atoms with Gasteiger partial charge in [-0.2, -0.15) is 0 Å². The Morgan fingerprint density at radius 3 is 1.21 bits per heavy atom. The Hall–Kier alpha value is -2.19. The molecule has 1 aliphatic heterocycles. The molecule has 4 aromatic carbocycles. The second-order valence-corrected chi connectivity index (χ2v) is 33.0. The van der Waals surface area contributed by atoms with E-state index in [0.717, 1.165) is 12.8 Å². The molecule has 0 bridgehead atoms. The Morgan fingerprint density at radius 2 is 0.917 bits per heavy atom. The van der Waals surface area contributed by atoms with Gasteiger partial charge < -0.3 is 0 Å². The normalized spacial score (nSPS) is 19.2. The summed E-state index contributed by atoms with van der Waals surface area (Å²) in [5, 5.41) is 0. The standard InChI is InChI=1S/2C21H23.C3H6.2ClH.Hf/c2*1-5-15-9-11-16(12-10-15)19-8-6-7-17-13-18(14-20(17)19)21(2,3)4;1-3-2;;;/h2*6-14H,5H2,1-4H3;1-3H2;2*1H;. The molecule has 0 N–H and O–H groups in total. The van der Waals surface area contributed by atoms with Crippen LogP contribution in [0.3, 0.4) is 0 Å². The van der Waals surface area contributed by atoms with E-state index in [9.17, 15) is 0 Å². The van der Waals surface area contributed by atoms with Crippen molar-refractivity contribution in [2.45, 2.75) is 90.4 Å². The summed E-state index contributed by atoms with van der Waals surface area (Å²) < 4.78 is 4.24. The number of allylic oxidation sites excluding steroid dienone is 2. The van der Waals surface area contributed by atoms with E-state index in [2.05, 4.69) is 152 Å². The first-order valence-corrected chi connectivity index (χ1v) is 27.1. The topological polar surface area (TPSA) is 0 Å². The van der Waals surface area contributed by atoms with E-state index in [0.29, 0.717) is 7.35 Å². The molecular formula is C45H54Cl2Hf. The zero-order valence-electron chi connectivity index (χ0n) is 30.2. The van der Waals surface area contributed by atoms with Gasteiger partial charge >= 0.3 is 285 Å². The van der Waals surface area contributed by atoms with Gasteiger partial charge in [0.15, 0.2) is 0 Å². The van der Waals surface area contributed by atoms with Crippen molar-refractivity contribution in [3.8, 4) is 22.3 Å². The van der Waals surface area contributed by atoms with Crippen LogP contribution in [0.2, 0.25) is 8.35 Å². The third kappa shape index (κ3) is 6.20. The largest absolute Gasteiger partial charge is 0.147 e. The molecule has 48 heavy (non-hydrogen) atoms. The van der Waals surface area contributed by atoms with E-state index in [1.54, 1.807) is 22.3 Å². The molecule has 7 rings (SSSR count). The first-order chi connectivity index (χ1) is 22.0. The van der Waals surface area contributed by atoms with Crippen LogP contribution in [-0.2, 0) is 32.8 Å². The molecule has 0 aromatic heterocycles. The van der Waals surface area contributed by atoms with Crippen LogP contribution in [0.1, 0.15) is 103 Å². The van der Waals surface area contributed by atoms with Crippen molar-refractivity contribution in [2.75, 3.05) is 0 Å². The van der Waals surface area contributed by atoms with Gasteiger partial charge in [-0.15, -0.1) is 24.8 Å². The maximum atomic E-state index is 2.67. The van der Waals surface area contributed by atoms with Gasteiger partial charge in [0, 0.05) is 0 Å². The van der Waals surface area contributed by atoms with E-state index < -0.39 is 20.0 Å². The average molecular weight is 844 g/mol. The number of aryl methyl sites for hydroxylation is 2. The zero-order valence-corrected chi connectivity index (χ0v) is 35.5. The van der Waals surface area contributed by atoms with Gasteiger partial charge in [-0.1, -0.05) is 0 Å². The number of rotatable bonds is 6. The number of halogens is 2. The van der Waals surface area contributed by atoms with Gasteiger partial charge in [0.1, 0.15) is 0 Å². The van der Waals surface area contributed by atoms with Gasteiger partial charge in [0.2, 0.25) is 0 Å². The third-order valence-corrected chi connectivity index (χ3v) is 33.6. The minimum Gasteiger partial charge on any atom is -0.147 e. The Morgan fingerprint density at radius 1 is 0.542 bits per heavy atom. The second kappa shape index (κ2) is 13.8. The van der Waals surface area contributed by atoms with Crippen LogP contribution in [-0.4, -0.2) is 0 Å². The molecule has 0 amide bonds. The smallest absolute Gasteiger partial charge is 0.147 e. The van der Waals surface area contributed by atoms with Crippen LogP contribution < -0.4 is 0 Å². The molecule has 0 saturated carbocycles. The molecule has 1 fully saturated rings. The molecule has 0 nitrogen and oxygen atoms in total. The van der Waals surface area contributed by atoms with Crippen molar-refractivity contribution in [3.63, 3.8) is 0 Å². The summed E-state index contributed by atoms with van der Waals surface area (Å²) >= 11 is -3.20. The maximum Gasteiger partial charge on any atom is -0.147 e. The summed E-state index contributed by atoms with van der Waals surface area (Å²) in [6.45, 7) is 19.4. The van der Waals surface area contributed by atoms with Crippen LogP contribution in [0.4, 0.5) is 0 Å². The Balaban J connectivity index is 0.00000225. The summed E-state index contributed by atoms with van der Waals surface area (Å²) in [4.78, 5) is 0. The third-order valence-electron chi connectivity index (χ3n) is 11.6. The molecule has 2 aliphatic carbocycles. The maximum absolute atomic E-state index is 3.20. The van der Waals surface area contributed by atoms with E-state index in [-0.39, 0.29) is 35.6 Å². The molecule has 1 saturated heterocycles. The van der Waals surface area contributed by atoms with Crippen molar-refractivity contribution in [1.29, 1.82) is 0 Å². The van der Waals surface area contributed by atoms with Gasteiger partial charge in [-0.3, -0.25) is 0 Å². The number of benzene rings is 4. The predicted octanol–water partition coefficient (Wildman–Crippen LogP) is 14.1. The molecule has 2 atom stereocenters. The fourth-order valence-corrected chi connectivity index (χ4v) is 33.0. The number of fused-ring (bicyclic) bond motifs is 2.